The van der Waals surface area contributed by atoms with E-state index in [0.717, 1.165) is 4.90 Å². The third-order valence-corrected chi connectivity index (χ3v) is 6.85. The summed E-state index contributed by atoms with van der Waals surface area (Å²) in [6, 6.07) is 3.74. The monoisotopic (exact) mass is 575 g/mol. The molecule has 40 heavy (non-hydrogen) atoms. The van der Waals surface area contributed by atoms with Crippen LogP contribution >= 0.6 is 0 Å². The standard InChI is InChI=1S/C28H32F7N3O2/c1-16-10-20(29)6-7-22(16)23-14-21(36-24(39)26(2,3)4)8-9-38(23)25(40)37(5)15-17-11-18(27(30,31)32)13-19(12-17)28(33,34)35/h6-7,10-13,21,23H,8-9,14-15H2,1-5H3,(H,36,39)/t21-,23-/m0/s1. The summed E-state index contributed by atoms with van der Waals surface area (Å²) < 4.78 is 93.7. The van der Waals surface area contributed by atoms with Crippen molar-refractivity contribution < 1.29 is 40.3 Å². The van der Waals surface area contributed by atoms with Gasteiger partial charge in [-0.15, -0.1) is 0 Å². The number of likely N-dealkylation sites (tertiary alicyclic amines) is 1. The molecule has 2 aromatic carbocycles. The van der Waals surface area contributed by atoms with Crippen LogP contribution in [0.25, 0.3) is 0 Å². The lowest BCUT2D eigenvalue weighted by Gasteiger charge is -2.42. The molecule has 1 saturated heterocycles. The van der Waals surface area contributed by atoms with Crippen molar-refractivity contribution in [2.75, 3.05) is 13.6 Å². The van der Waals surface area contributed by atoms with Crippen molar-refractivity contribution in [3.8, 4) is 0 Å². The third-order valence-electron chi connectivity index (χ3n) is 6.85. The van der Waals surface area contributed by atoms with Gasteiger partial charge in [0.25, 0.3) is 0 Å². The number of carbonyl (C=O) groups excluding carboxylic acids is 2. The van der Waals surface area contributed by atoms with Crippen molar-refractivity contribution >= 4 is 11.9 Å². The number of amides is 3. The maximum Gasteiger partial charge on any atom is 0.416 e. The van der Waals surface area contributed by atoms with E-state index in [9.17, 15) is 40.3 Å². The van der Waals surface area contributed by atoms with E-state index >= 15 is 0 Å². The zero-order valence-corrected chi connectivity index (χ0v) is 22.8. The maximum absolute atomic E-state index is 13.8. The van der Waals surface area contributed by atoms with Crippen LogP contribution in [0.4, 0.5) is 35.5 Å². The van der Waals surface area contributed by atoms with Gasteiger partial charge in [0.1, 0.15) is 5.82 Å². The Labute approximate surface area is 228 Å². The number of aryl methyl sites for hydroxylation is 1. The zero-order chi connectivity index (χ0) is 30.2. The summed E-state index contributed by atoms with van der Waals surface area (Å²) in [6.45, 7) is 6.59. The molecule has 1 heterocycles. The Kier molecular flexibility index (Phi) is 8.81. The Morgan fingerprint density at radius 2 is 1.55 bits per heavy atom. The molecule has 1 N–H and O–H groups in total. The number of alkyl halides is 6. The molecule has 220 valence electrons. The van der Waals surface area contributed by atoms with Crippen LogP contribution in [0.3, 0.4) is 0 Å². The van der Waals surface area contributed by atoms with Gasteiger partial charge in [-0.05, 0) is 66.8 Å². The quantitative estimate of drug-likeness (QED) is 0.396. The van der Waals surface area contributed by atoms with E-state index < -0.39 is 53.3 Å². The summed E-state index contributed by atoms with van der Waals surface area (Å²) in [6.07, 6.45) is -9.36. The Morgan fingerprint density at radius 3 is 2.05 bits per heavy atom. The summed E-state index contributed by atoms with van der Waals surface area (Å²) in [5.74, 6) is -0.663. The van der Waals surface area contributed by atoms with Gasteiger partial charge in [-0.2, -0.15) is 26.3 Å². The fourth-order valence-corrected chi connectivity index (χ4v) is 4.71. The van der Waals surface area contributed by atoms with Crippen LogP contribution in [0.15, 0.2) is 36.4 Å². The second-order valence-corrected chi connectivity index (χ2v) is 11.2. The first kappa shape index (κ1) is 31.2. The number of halogens is 7. The molecule has 0 saturated carbocycles. The molecule has 2 atom stereocenters. The van der Waals surface area contributed by atoms with Gasteiger partial charge in [-0.1, -0.05) is 26.8 Å². The van der Waals surface area contributed by atoms with E-state index in [1.54, 1.807) is 27.7 Å². The minimum atomic E-state index is -5.01. The molecule has 3 amide bonds. The minimum absolute atomic E-state index is 0.0370. The van der Waals surface area contributed by atoms with Gasteiger partial charge in [0.15, 0.2) is 0 Å². The third kappa shape index (κ3) is 7.45. The smallest absolute Gasteiger partial charge is 0.353 e. The summed E-state index contributed by atoms with van der Waals surface area (Å²) in [7, 11) is 1.29. The second kappa shape index (κ2) is 11.3. The molecule has 2 aromatic rings. The van der Waals surface area contributed by atoms with Crippen LogP contribution in [0, 0.1) is 18.2 Å². The highest BCUT2D eigenvalue weighted by Gasteiger charge is 2.39. The van der Waals surface area contributed by atoms with Crippen LogP contribution in [-0.2, 0) is 23.7 Å². The summed E-state index contributed by atoms with van der Waals surface area (Å²) in [5, 5.41) is 2.98. The molecule has 0 unspecified atom stereocenters. The first-order chi connectivity index (χ1) is 18.3. The average Bonchev–Trinajstić information content (AvgIpc) is 2.81. The van der Waals surface area contributed by atoms with Crippen molar-refractivity contribution in [2.24, 2.45) is 5.41 Å². The first-order valence-electron chi connectivity index (χ1n) is 12.6. The zero-order valence-electron chi connectivity index (χ0n) is 22.8. The highest BCUT2D eigenvalue weighted by atomic mass is 19.4. The first-order valence-corrected chi connectivity index (χ1v) is 12.6. The molecular formula is C28H32F7N3O2. The maximum atomic E-state index is 13.8. The van der Waals surface area contributed by atoms with Gasteiger partial charge >= 0.3 is 18.4 Å². The molecule has 12 heteroatoms. The molecule has 3 rings (SSSR count). The number of carbonyl (C=O) groups is 2. The number of urea groups is 1. The molecule has 0 aliphatic carbocycles. The normalized spacial score (nSPS) is 18.4. The van der Waals surface area contributed by atoms with E-state index in [2.05, 4.69) is 5.32 Å². The molecule has 1 fully saturated rings. The topological polar surface area (TPSA) is 52.7 Å². The Bertz CT molecular complexity index is 1220. The lowest BCUT2D eigenvalue weighted by molar-refractivity contribution is -0.143. The van der Waals surface area contributed by atoms with E-state index in [0.29, 0.717) is 29.7 Å². The highest BCUT2D eigenvalue weighted by molar-refractivity contribution is 5.81. The van der Waals surface area contributed by atoms with Gasteiger partial charge < -0.3 is 15.1 Å². The molecular weight excluding hydrogens is 543 g/mol. The number of nitrogens with zero attached hydrogens (tertiary/aromatic N) is 2. The van der Waals surface area contributed by atoms with Crippen molar-refractivity contribution in [2.45, 2.75) is 71.5 Å². The Balaban J connectivity index is 1.91. The van der Waals surface area contributed by atoms with Gasteiger partial charge in [-0.25, -0.2) is 9.18 Å². The van der Waals surface area contributed by atoms with E-state index in [4.69, 9.17) is 0 Å². The van der Waals surface area contributed by atoms with Crippen LogP contribution in [0.2, 0.25) is 0 Å². The molecule has 1 aliphatic rings. The predicted molar refractivity (Wildman–Crippen MR) is 135 cm³/mol. The lowest BCUT2D eigenvalue weighted by Crippen LogP contribution is -2.52. The number of rotatable bonds is 4. The van der Waals surface area contributed by atoms with Gasteiger partial charge in [0, 0.05) is 31.6 Å². The summed E-state index contributed by atoms with van der Waals surface area (Å²) in [4.78, 5) is 28.7. The van der Waals surface area contributed by atoms with Crippen molar-refractivity contribution in [1.29, 1.82) is 0 Å². The number of benzene rings is 2. The average molecular weight is 576 g/mol. The second-order valence-electron chi connectivity index (χ2n) is 11.2. The van der Waals surface area contributed by atoms with Gasteiger partial charge in [-0.3, -0.25) is 4.79 Å². The largest absolute Gasteiger partial charge is 0.416 e. The molecule has 0 aromatic heterocycles. The molecule has 0 radical (unpaired) electrons. The fraction of sp³-hybridized carbons (Fsp3) is 0.500. The van der Waals surface area contributed by atoms with Crippen LogP contribution in [0.1, 0.15) is 67.5 Å². The van der Waals surface area contributed by atoms with E-state index in [-0.39, 0.29) is 36.5 Å². The van der Waals surface area contributed by atoms with Crippen molar-refractivity contribution in [1.82, 2.24) is 15.1 Å². The Morgan fingerprint density at radius 1 is 0.975 bits per heavy atom. The molecule has 1 aliphatic heterocycles. The number of hydrogen-bond donors (Lipinski definition) is 1. The van der Waals surface area contributed by atoms with Crippen LogP contribution in [-0.4, -0.2) is 41.4 Å². The highest BCUT2D eigenvalue weighted by Crippen LogP contribution is 2.38. The van der Waals surface area contributed by atoms with E-state index in [1.807, 2.05) is 0 Å². The fourth-order valence-electron chi connectivity index (χ4n) is 4.71. The molecule has 0 spiro atoms. The molecule has 5 nitrogen and oxygen atoms in total. The minimum Gasteiger partial charge on any atom is -0.353 e. The van der Waals surface area contributed by atoms with Crippen molar-refractivity contribution in [3.63, 3.8) is 0 Å². The van der Waals surface area contributed by atoms with Crippen LogP contribution < -0.4 is 5.32 Å². The van der Waals surface area contributed by atoms with Gasteiger partial charge in [0.2, 0.25) is 5.91 Å². The number of nitrogens with one attached hydrogen (secondary N) is 1. The van der Waals surface area contributed by atoms with E-state index in [1.165, 1.54) is 30.1 Å². The summed E-state index contributed by atoms with van der Waals surface area (Å²) >= 11 is 0. The predicted octanol–water partition coefficient (Wildman–Crippen LogP) is 7.09. The number of hydrogen-bond acceptors (Lipinski definition) is 2. The lowest BCUT2D eigenvalue weighted by atomic mass is 9.88. The Hall–Kier alpha value is -3.31. The van der Waals surface area contributed by atoms with Crippen LogP contribution in [0.5, 0.6) is 0 Å². The summed E-state index contributed by atoms with van der Waals surface area (Å²) in [5.41, 5.74) is -2.74. The SMILES string of the molecule is Cc1cc(F)ccc1[C@@H]1C[C@@H](NC(=O)C(C)(C)C)CCN1C(=O)N(C)Cc1cc(C(F)(F)F)cc(C(F)(F)F)c1. The number of piperidine rings is 1. The molecule has 0 bridgehead atoms. The van der Waals surface area contributed by atoms with Crippen molar-refractivity contribution in [3.05, 3.63) is 70.0 Å². The van der Waals surface area contributed by atoms with Gasteiger partial charge in [0.05, 0.1) is 17.2 Å².